The number of carboxylic acid groups (broad SMARTS) is 1. The van der Waals surface area contributed by atoms with Crippen LogP contribution in [0, 0.1) is 0 Å². The molecule has 0 spiro atoms. The molecule has 0 unspecified atom stereocenters. The lowest BCUT2D eigenvalue weighted by molar-refractivity contribution is 0.0697. The number of carbonyl (C=O) groups is 1. The molecular weight excluding hydrogens is 320 g/mol. The Morgan fingerprint density at radius 3 is 2.60 bits per heavy atom. The van der Waals surface area contributed by atoms with E-state index in [9.17, 15) is 4.79 Å². The van der Waals surface area contributed by atoms with Gasteiger partial charge in [-0.15, -0.1) is 0 Å². The molecule has 5 heteroatoms. The van der Waals surface area contributed by atoms with Gasteiger partial charge < -0.3 is 14.9 Å². The van der Waals surface area contributed by atoms with E-state index in [1.807, 2.05) is 6.07 Å². The van der Waals surface area contributed by atoms with Crippen LogP contribution in [0.2, 0.25) is 0 Å². The van der Waals surface area contributed by atoms with Crippen molar-refractivity contribution in [2.24, 2.45) is 0 Å². The predicted molar refractivity (Wildman–Crippen MR) is 84.6 cm³/mol. The maximum Gasteiger partial charge on any atom is 0.335 e. The molecule has 0 aliphatic carbocycles. The molecule has 0 bridgehead atoms. The largest absolute Gasteiger partial charge is 0.478 e. The lowest BCUT2D eigenvalue weighted by Crippen LogP contribution is -2.43. The van der Waals surface area contributed by atoms with Gasteiger partial charge in [0.05, 0.1) is 11.3 Å². The lowest BCUT2D eigenvalue weighted by atomic mass is 10.0. The molecule has 1 saturated heterocycles. The Balaban J connectivity index is 2.09. The highest BCUT2D eigenvalue weighted by molar-refractivity contribution is 9.10. The van der Waals surface area contributed by atoms with Crippen LogP contribution in [0.5, 0.6) is 0 Å². The van der Waals surface area contributed by atoms with Crippen molar-refractivity contribution in [1.82, 2.24) is 4.90 Å². The fourth-order valence-corrected chi connectivity index (χ4v) is 3.40. The molecule has 4 nitrogen and oxygen atoms in total. The van der Waals surface area contributed by atoms with Gasteiger partial charge in [-0.3, -0.25) is 0 Å². The number of piperidine rings is 1. The number of anilines is 1. The third kappa shape index (κ3) is 3.33. The summed E-state index contributed by atoms with van der Waals surface area (Å²) in [5.74, 6) is -0.892. The number of hydrogen-bond acceptors (Lipinski definition) is 3. The van der Waals surface area contributed by atoms with Crippen molar-refractivity contribution in [2.45, 2.75) is 25.8 Å². The molecule has 1 aliphatic heterocycles. The van der Waals surface area contributed by atoms with Gasteiger partial charge in [-0.25, -0.2) is 4.79 Å². The minimum atomic E-state index is -0.892. The molecule has 1 aliphatic rings. The minimum absolute atomic E-state index is 0.315. The number of likely N-dealkylation sites (tertiary alicyclic amines) is 1. The van der Waals surface area contributed by atoms with E-state index in [2.05, 4.69) is 39.7 Å². The van der Waals surface area contributed by atoms with Crippen molar-refractivity contribution in [2.75, 3.05) is 31.6 Å². The smallest absolute Gasteiger partial charge is 0.335 e. The molecule has 110 valence electrons. The SMILES string of the molecule is CCN1CCC(N(C)c2ccc(C(=O)O)cc2Br)CC1. The standard InChI is InChI=1S/C15H21BrN2O2/c1-3-18-8-6-12(7-9-18)17(2)14-5-4-11(15(19)20)10-13(14)16/h4-5,10,12H,3,6-9H2,1-2H3,(H,19,20). The van der Waals surface area contributed by atoms with Crippen LogP contribution in [0.4, 0.5) is 5.69 Å². The number of halogens is 1. The van der Waals surface area contributed by atoms with E-state index in [1.165, 1.54) is 0 Å². The first-order valence-electron chi connectivity index (χ1n) is 7.01. The predicted octanol–water partition coefficient (Wildman–Crippen LogP) is 3.07. The normalized spacial score (nSPS) is 17.1. The summed E-state index contributed by atoms with van der Waals surface area (Å²) in [5, 5.41) is 9.00. The zero-order chi connectivity index (χ0) is 14.7. The van der Waals surface area contributed by atoms with Gasteiger partial charge in [0.15, 0.2) is 0 Å². The Labute approximate surface area is 128 Å². The van der Waals surface area contributed by atoms with Gasteiger partial charge >= 0.3 is 5.97 Å². The minimum Gasteiger partial charge on any atom is -0.478 e. The molecule has 1 heterocycles. The summed E-state index contributed by atoms with van der Waals surface area (Å²) in [6.45, 7) is 5.59. The summed E-state index contributed by atoms with van der Waals surface area (Å²) in [6.07, 6.45) is 2.30. The van der Waals surface area contributed by atoms with E-state index in [4.69, 9.17) is 5.11 Å². The first kappa shape index (κ1) is 15.3. The van der Waals surface area contributed by atoms with Crippen molar-refractivity contribution in [3.8, 4) is 0 Å². The Morgan fingerprint density at radius 2 is 2.10 bits per heavy atom. The average molecular weight is 341 g/mol. The van der Waals surface area contributed by atoms with Crippen LogP contribution in [-0.4, -0.2) is 48.7 Å². The van der Waals surface area contributed by atoms with Gasteiger partial charge in [-0.1, -0.05) is 6.92 Å². The summed E-state index contributed by atoms with van der Waals surface area (Å²) in [4.78, 5) is 15.7. The molecule has 0 radical (unpaired) electrons. The van der Waals surface area contributed by atoms with Crippen molar-refractivity contribution in [3.63, 3.8) is 0 Å². The van der Waals surface area contributed by atoms with E-state index >= 15 is 0 Å². The highest BCUT2D eigenvalue weighted by Crippen LogP contribution is 2.30. The third-order valence-corrected chi connectivity index (χ3v) is 4.76. The Morgan fingerprint density at radius 1 is 1.45 bits per heavy atom. The lowest BCUT2D eigenvalue weighted by Gasteiger charge is -2.37. The number of carboxylic acids is 1. The zero-order valence-corrected chi connectivity index (χ0v) is 13.6. The van der Waals surface area contributed by atoms with Gasteiger partial charge in [-0.2, -0.15) is 0 Å². The molecule has 0 saturated carbocycles. The molecule has 1 fully saturated rings. The second-order valence-electron chi connectivity index (χ2n) is 5.25. The fourth-order valence-electron chi connectivity index (χ4n) is 2.75. The molecule has 20 heavy (non-hydrogen) atoms. The summed E-state index contributed by atoms with van der Waals surface area (Å²) in [7, 11) is 2.09. The first-order chi connectivity index (χ1) is 9.52. The van der Waals surface area contributed by atoms with Gasteiger partial charge in [-0.05, 0) is 53.5 Å². The van der Waals surface area contributed by atoms with Crippen LogP contribution in [0.1, 0.15) is 30.1 Å². The van der Waals surface area contributed by atoms with Gasteiger partial charge in [0.1, 0.15) is 0 Å². The summed E-state index contributed by atoms with van der Waals surface area (Å²) in [5.41, 5.74) is 1.37. The number of hydrogen-bond donors (Lipinski definition) is 1. The van der Waals surface area contributed by atoms with Gasteiger partial charge in [0.2, 0.25) is 0 Å². The van der Waals surface area contributed by atoms with E-state index in [0.29, 0.717) is 11.6 Å². The molecule has 2 rings (SSSR count). The summed E-state index contributed by atoms with van der Waals surface area (Å²) >= 11 is 3.49. The quantitative estimate of drug-likeness (QED) is 0.914. The second-order valence-corrected chi connectivity index (χ2v) is 6.10. The Hall–Kier alpha value is -1.07. The van der Waals surface area contributed by atoms with Crippen LogP contribution >= 0.6 is 15.9 Å². The van der Waals surface area contributed by atoms with Crippen LogP contribution in [0.25, 0.3) is 0 Å². The van der Waals surface area contributed by atoms with E-state index < -0.39 is 5.97 Å². The zero-order valence-electron chi connectivity index (χ0n) is 12.0. The fraction of sp³-hybridized carbons (Fsp3) is 0.533. The summed E-state index contributed by atoms with van der Waals surface area (Å²) in [6, 6.07) is 5.75. The van der Waals surface area contributed by atoms with Gasteiger partial charge in [0.25, 0.3) is 0 Å². The first-order valence-corrected chi connectivity index (χ1v) is 7.80. The average Bonchev–Trinajstić information content (AvgIpc) is 2.46. The van der Waals surface area contributed by atoms with Crippen LogP contribution < -0.4 is 4.90 Å². The Kier molecular flexibility index (Phi) is 5.05. The maximum atomic E-state index is 11.0. The van der Waals surface area contributed by atoms with Crippen LogP contribution in [-0.2, 0) is 0 Å². The number of nitrogens with zero attached hydrogens (tertiary/aromatic N) is 2. The molecule has 0 amide bonds. The van der Waals surface area contributed by atoms with E-state index in [-0.39, 0.29) is 0 Å². The number of benzene rings is 1. The van der Waals surface area contributed by atoms with E-state index in [1.54, 1.807) is 12.1 Å². The second kappa shape index (κ2) is 6.59. The van der Waals surface area contributed by atoms with Gasteiger partial charge in [0, 0.05) is 30.7 Å². The Bertz CT molecular complexity index is 485. The molecule has 0 aromatic heterocycles. The highest BCUT2D eigenvalue weighted by atomic mass is 79.9. The van der Waals surface area contributed by atoms with Crippen molar-refractivity contribution >= 4 is 27.6 Å². The van der Waals surface area contributed by atoms with Crippen LogP contribution in [0.15, 0.2) is 22.7 Å². The molecule has 1 N–H and O–H groups in total. The van der Waals surface area contributed by atoms with Crippen LogP contribution in [0.3, 0.4) is 0 Å². The monoisotopic (exact) mass is 340 g/mol. The third-order valence-electron chi connectivity index (χ3n) is 4.13. The molecule has 0 atom stereocenters. The highest BCUT2D eigenvalue weighted by Gasteiger charge is 2.23. The topological polar surface area (TPSA) is 43.8 Å². The maximum absolute atomic E-state index is 11.0. The van der Waals surface area contributed by atoms with Crippen molar-refractivity contribution in [3.05, 3.63) is 28.2 Å². The molecule has 1 aromatic rings. The number of aromatic carboxylic acids is 1. The summed E-state index contributed by atoms with van der Waals surface area (Å²) < 4.78 is 0.845. The number of rotatable bonds is 4. The molecule has 1 aromatic carbocycles. The van der Waals surface area contributed by atoms with Crippen molar-refractivity contribution < 1.29 is 9.90 Å². The molecular formula is C15H21BrN2O2. The van der Waals surface area contributed by atoms with E-state index in [0.717, 1.165) is 42.6 Å². The van der Waals surface area contributed by atoms with Crippen molar-refractivity contribution in [1.29, 1.82) is 0 Å².